The van der Waals surface area contributed by atoms with Gasteiger partial charge in [0, 0.05) is 34.8 Å². The van der Waals surface area contributed by atoms with Crippen LogP contribution in [0.4, 0.5) is 4.39 Å². The average molecular weight is 352 g/mol. The van der Waals surface area contributed by atoms with Crippen molar-refractivity contribution in [1.82, 2.24) is 19.7 Å². The van der Waals surface area contributed by atoms with Crippen molar-refractivity contribution in [3.63, 3.8) is 0 Å². The van der Waals surface area contributed by atoms with E-state index in [4.69, 9.17) is 12.2 Å². The maximum atomic E-state index is 15.1. The molecule has 0 unspecified atom stereocenters. The molecule has 0 saturated carbocycles. The number of rotatable bonds is 2. The topological polar surface area (TPSA) is 43.6 Å². The van der Waals surface area contributed by atoms with Gasteiger partial charge in [0.15, 0.2) is 0 Å². The van der Waals surface area contributed by atoms with Gasteiger partial charge in [-0.25, -0.2) is 4.39 Å². The zero-order chi connectivity index (χ0) is 17.7. The number of benzene rings is 1. The predicted molar refractivity (Wildman–Crippen MR) is 98.8 cm³/mol. The fourth-order valence-corrected chi connectivity index (χ4v) is 3.88. The molecule has 4 nitrogen and oxygen atoms in total. The smallest absolute Gasteiger partial charge is 0.148 e. The molecule has 0 spiro atoms. The second-order valence-corrected chi connectivity index (χ2v) is 7.01. The van der Waals surface area contributed by atoms with E-state index in [0.29, 0.717) is 11.5 Å². The second-order valence-electron chi connectivity index (χ2n) is 6.40. The van der Waals surface area contributed by atoms with Crippen molar-refractivity contribution in [2.45, 2.75) is 33.6 Å². The summed E-state index contributed by atoms with van der Waals surface area (Å²) in [5, 5.41) is 8.23. The summed E-state index contributed by atoms with van der Waals surface area (Å²) in [6, 6.07) is 3.60. The maximum absolute atomic E-state index is 15.1. The molecule has 0 amide bonds. The number of thiocarbonyl (C=S) groups is 1. The lowest BCUT2D eigenvalue weighted by Gasteiger charge is -2.21. The molecule has 1 aliphatic heterocycles. The molecule has 126 valence electrons. The van der Waals surface area contributed by atoms with E-state index in [9.17, 15) is 0 Å². The van der Waals surface area contributed by atoms with Crippen LogP contribution in [0.2, 0.25) is 0 Å². The van der Waals surface area contributed by atoms with E-state index in [0.717, 1.165) is 51.3 Å². The summed E-state index contributed by atoms with van der Waals surface area (Å²) in [7, 11) is 0. The Labute approximate surface area is 150 Å². The Morgan fingerprint density at radius 1 is 1.16 bits per heavy atom. The van der Waals surface area contributed by atoms with Crippen LogP contribution in [-0.2, 0) is 12.8 Å². The lowest BCUT2D eigenvalue weighted by atomic mass is 9.93. The van der Waals surface area contributed by atoms with Gasteiger partial charge in [0.1, 0.15) is 17.5 Å². The van der Waals surface area contributed by atoms with Crippen molar-refractivity contribution in [1.29, 1.82) is 0 Å². The number of aryl methyl sites for hydroxylation is 4. The summed E-state index contributed by atoms with van der Waals surface area (Å²) in [6.07, 6.45) is 5.04. The summed E-state index contributed by atoms with van der Waals surface area (Å²) >= 11 is 5.41. The zero-order valence-corrected chi connectivity index (χ0v) is 15.1. The summed E-state index contributed by atoms with van der Waals surface area (Å²) in [4.78, 5) is 5.06. The van der Waals surface area contributed by atoms with Gasteiger partial charge in [-0.2, -0.15) is 0 Å². The van der Waals surface area contributed by atoms with Crippen LogP contribution in [0.5, 0.6) is 0 Å². The van der Waals surface area contributed by atoms with Gasteiger partial charge in [-0.15, -0.1) is 10.2 Å². The Morgan fingerprint density at radius 3 is 2.72 bits per heavy atom. The highest BCUT2D eigenvalue weighted by Crippen LogP contribution is 2.34. The van der Waals surface area contributed by atoms with Crippen LogP contribution in [0.25, 0.3) is 16.8 Å². The number of halogens is 1. The molecule has 3 heterocycles. The van der Waals surface area contributed by atoms with E-state index in [1.807, 2.05) is 31.4 Å². The minimum atomic E-state index is -0.272. The molecule has 3 aromatic rings. The maximum Gasteiger partial charge on any atom is 0.148 e. The van der Waals surface area contributed by atoms with Crippen molar-refractivity contribution < 1.29 is 4.39 Å². The highest BCUT2D eigenvalue weighted by Gasteiger charge is 2.24. The highest BCUT2D eigenvalue weighted by molar-refractivity contribution is 7.80. The van der Waals surface area contributed by atoms with Gasteiger partial charge >= 0.3 is 0 Å². The molecular formula is C19H17FN4S. The third-order valence-electron chi connectivity index (χ3n) is 4.67. The van der Waals surface area contributed by atoms with Crippen molar-refractivity contribution >= 4 is 17.1 Å². The van der Waals surface area contributed by atoms with Gasteiger partial charge in [0.2, 0.25) is 0 Å². The molecule has 0 aliphatic carbocycles. The van der Waals surface area contributed by atoms with Crippen LogP contribution in [0, 0.1) is 19.7 Å². The van der Waals surface area contributed by atoms with Crippen LogP contribution in [0.3, 0.4) is 0 Å². The number of pyridine rings is 1. The molecule has 6 heteroatoms. The SMILES string of the molecule is CC(=S)c1c(C)cncc1-c1cc(F)c2c(c1)CCc1nnc(C)n1-2. The van der Waals surface area contributed by atoms with Gasteiger partial charge in [-0.3, -0.25) is 9.55 Å². The highest BCUT2D eigenvalue weighted by atomic mass is 32.1. The van der Waals surface area contributed by atoms with Gasteiger partial charge < -0.3 is 0 Å². The van der Waals surface area contributed by atoms with Crippen LogP contribution < -0.4 is 0 Å². The summed E-state index contributed by atoms with van der Waals surface area (Å²) in [6.45, 7) is 5.71. The first kappa shape index (κ1) is 16.0. The monoisotopic (exact) mass is 352 g/mol. The molecule has 4 rings (SSSR count). The molecule has 1 aromatic carbocycles. The van der Waals surface area contributed by atoms with E-state index in [1.54, 1.807) is 18.5 Å². The zero-order valence-electron chi connectivity index (χ0n) is 14.3. The van der Waals surface area contributed by atoms with E-state index >= 15 is 4.39 Å². The van der Waals surface area contributed by atoms with Crippen molar-refractivity contribution in [2.75, 3.05) is 0 Å². The molecular weight excluding hydrogens is 335 g/mol. The Kier molecular flexibility index (Phi) is 3.72. The molecule has 0 atom stereocenters. The molecule has 0 saturated heterocycles. The lowest BCUT2D eigenvalue weighted by Crippen LogP contribution is -2.15. The molecule has 2 aromatic heterocycles. The number of nitrogens with zero attached hydrogens (tertiary/aromatic N) is 4. The average Bonchev–Trinajstić information content (AvgIpc) is 2.95. The lowest BCUT2D eigenvalue weighted by molar-refractivity contribution is 0.602. The Balaban J connectivity index is 1.95. The number of fused-ring (bicyclic) bond motifs is 3. The summed E-state index contributed by atoms with van der Waals surface area (Å²) < 4.78 is 16.9. The molecule has 25 heavy (non-hydrogen) atoms. The van der Waals surface area contributed by atoms with Crippen molar-refractivity contribution in [3.05, 3.63) is 58.7 Å². The molecule has 0 radical (unpaired) electrons. The predicted octanol–water partition coefficient (Wildman–Crippen LogP) is 3.92. The van der Waals surface area contributed by atoms with Gasteiger partial charge in [-0.1, -0.05) is 12.2 Å². The Bertz CT molecular complexity index is 1020. The third-order valence-corrected chi connectivity index (χ3v) is 4.88. The Hall–Kier alpha value is -2.47. The van der Waals surface area contributed by atoms with Gasteiger partial charge in [-0.05, 0) is 56.0 Å². The van der Waals surface area contributed by atoms with E-state index < -0.39 is 0 Å². The van der Waals surface area contributed by atoms with Crippen LogP contribution >= 0.6 is 12.2 Å². The van der Waals surface area contributed by atoms with Crippen molar-refractivity contribution in [2.24, 2.45) is 0 Å². The normalized spacial score (nSPS) is 12.6. The third kappa shape index (κ3) is 2.48. The van der Waals surface area contributed by atoms with E-state index in [2.05, 4.69) is 15.2 Å². The first-order valence-electron chi connectivity index (χ1n) is 8.17. The quantitative estimate of drug-likeness (QED) is 0.518. The molecule has 0 N–H and O–H groups in total. The van der Waals surface area contributed by atoms with Crippen LogP contribution in [0.1, 0.15) is 35.3 Å². The number of hydrogen-bond donors (Lipinski definition) is 0. The fourth-order valence-electron chi connectivity index (χ4n) is 3.61. The first-order valence-corrected chi connectivity index (χ1v) is 8.57. The first-order chi connectivity index (χ1) is 12.0. The van der Waals surface area contributed by atoms with E-state index in [1.165, 1.54) is 0 Å². The number of aromatic nitrogens is 4. The molecule has 0 fully saturated rings. The van der Waals surface area contributed by atoms with Gasteiger partial charge in [0.05, 0.1) is 5.69 Å². The molecule has 1 aliphatic rings. The summed E-state index contributed by atoms with van der Waals surface area (Å²) in [5.74, 6) is 1.24. The molecule has 0 bridgehead atoms. The second kappa shape index (κ2) is 5.81. The summed E-state index contributed by atoms with van der Waals surface area (Å²) in [5.41, 5.74) is 5.16. The minimum absolute atomic E-state index is 0.272. The van der Waals surface area contributed by atoms with E-state index in [-0.39, 0.29) is 5.82 Å². The van der Waals surface area contributed by atoms with Crippen LogP contribution in [0.15, 0.2) is 24.5 Å². The standard InChI is InChI=1S/C19H17FN4S/c1-10-8-21-9-15(18(10)11(2)25)14-6-13-4-5-17-23-22-12(3)24(17)19(13)16(20)7-14/h6-9H,4-5H2,1-3H3. The fraction of sp³-hybridized carbons (Fsp3) is 0.263. The minimum Gasteiger partial charge on any atom is -0.280 e. The Morgan fingerprint density at radius 2 is 1.96 bits per heavy atom. The largest absolute Gasteiger partial charge is 0.280 e. The number of hydrogen-bond acceptors (Lipinski definition) is 4. The van der Waals surface area contributed by atoms with Crippen LogP contribution in [-0.4, -0.2) is 24.6 Å². The van der Waals surface area contributed by atoms with Crippen molar-refractivity contribution in [3.8, 4) is 16.8 Å². The van der Waals surface area contributed by atoms with Gasteiger partial charge in [0.25, 0.3) is 0 Å².